The van der Waals surface area contributed by atoms with Gasteiger partial charge in [0.15, 0.2) is 0 Å². The predicted molar refractivity (Wildman–Crippen MR) is 110 cm³/mol. The Morgan fingerprint density at radius 2 is 1.52 bits per heavy atom. The van der Waals surface area contributed by atoms with Crippen LogP contribution in [0.2, 0.25) is 0 Å². The molecule has 1 aromatic rings. The van der Waals surface area contributed by atoms with Crippen molar-refractivity contribution in [2.75, 3.05) is 38.1 Å². The predicted octanol–water partition coefficient (Wildman–Crippen LogP) is 3.75. The van der Waals surface area contributed by atoms with Gasteiger partial charge in [0, 0.05) is 11.7 Å². The van der Waals surface area contributed by atoms with E-state index in [0.717, 1.165) is 37.6 Å². The van der Waals surface area contributed by atoms with Crippen LogP contribution in [0.1, 0.15) is 52.4 Å². The fraction of sp³-hybridized carbons (Fsp3) is 0.682. The minimum atomic E-state index is -0.0880. The van der Waals surface area contributed by atoms with E-state index in [1.807, 2.05) is 31.2 Å². The van der Waals surface area contributed by atoms with Gasteiger partial charge in [-0.25, -0.2) is 0 Å². The molecule has 0 spiro atoms. The van der Waals surface area contributed by atoms with E-state index in [9.17, 15) is 4.79 Å². The van der Waals surface area contributed by atoms with Crippen LogP contribution < -0.4 is 10.1 Å². The van der Waals surface area contributed by atoms with Gasteiger partial charge in [0.2, 0.25) is 5.91 Å². The Hall–Kier alpha value is -1.59. The molecule has 0 unspecified atom stereocenters. The first kappa shape index (κ1) is 20.2. The summed E-state index contributed by atoms with van der Waals surface area (Å²) in [7, 11) is 0. The summed E-state index contributed by atoms with van der Waals surface area (Å²) in [6.07, 6.45) is 7.48. The molecule has 27 heavy (non-hydrogen) atoms. The van der Waals surface area contributed by atoms with E-state index in [2.05, 4.69) is 22.0 Å². The van der Waals surface area contributed by atoms with Crippen LogP contribution in [-0.2, 0) is 4.79 Å². The van der Waals surface area contributed by atoms with Gasteiger partial charge < -0.3 is 10.1 Å². The molecule has 5 heteroatoms. The van der Waals surface area contributed by atoms with E-state index in [-0.39, 0.29) is 18.0 Å². The first-order chi connectivity index (χ1) is 13.2. The number of ether oxygens (including phenoxy) is 1. The number of carbonyl (C=O) groups is 1. The Morgan fingerprint density at radius 1 is 0.963 bits per heavy atom. The van der Waals surface area contributed by atoms with Gasteiger partial charge in [0.05, 0.1) is 6.61 Å². The van der Waals surface area contributed by atoms with E-state index < -0.39 is 0 Å². The summed E-state index contributed by atoms with van der Waals surface area (Å²) in [6.45, 7) is 9.14. The number of amides is 1. The molecule has 150 valence electrons. The molecule has 0 bridgehead atoms. The SMILES string of the molecule is CCOc1ccc(NC(=O)[C@H]([C@@H](C)N2CCCCC2)N2CCCCC2)cc1. The highest BCUT2D eigenvalue weighted by molar-refractivity contribution is 5.95. The summed E-state index contributed by atoms with van der Waals surface area (Å²) in [5.74, 6) is 0.962. The highest BCUT2D eigenvalue weighted by Crippen LogP contribution is 2.23. The molecule has 0 radical (unpaired) electrons. The maximum absolute atomic E-state index is 13.3. The molecular formula is C22H35N3O2. The van der Waals surface area contributed by atoms with Crippen molar-refractivity contribution in [3.63, 3.8) is 0 Å². The monoisotopic (exact) mass is 373 g/mol. The summed E-state index contributed by atoms with van der Waals surface area (Å²) in [6, 6.07) is 7.86. The molecular weight excluding hydrogens is 338 g/mol. The summed E-state index contributed by atoms with van der Waals surface area (Å²) >= 11 is 0. The molecule has 0 aliphatic carbocycles. The lowest BCUT2D eigenvalue weighted by Crippen LogP contribution is -2.58. The minimum Gasteiger partial charge on any atom is -0.494 e. The van der Waals surface area contributed by atoms with Crippen LogP contribution in [0.3, 0.4) is 0 Å². The number of carbonyl (C=O) groups excluding carboxylic acids is 1. The van der Waals surface area contributed by atoms with Crippen molar-refractivity contribution in [1.82, 2.24) is 9.80 Å². The maximum Gasteiger partial charge on any atom is 0.243 e. The molecule has 5 nitrogen and oxygen atoms in total. The fourth-order valence-electron chi connectivity index (χ4n) is 4.43. The van der Waals surface area contributed by atoms with Crippen LogP contribution in [0, 0.1) is 0 Å². The Morgan fingerprint density at radius 3 is 2.07 bits per heavy atom. The maximum atomic E-state index is 13.3. The van der Waals surface area contributed by atoms with Crippen LogP contribution >= 0.6 is 0 Å². The summed E-state index contributed by atoms with van der Waals surface area (Å²) in [5.41, 5.74) is 0.844. The van der Waals surface area contributed by atoms with Crippen molar-refractivity contribution in [2.45, 2.75) is 64.5 Å². The molecule has 2 aliphatic rings. The van der Waals surface area contributed by atoms with Gasteiger partial charge in [0.1, 0.15) is 11.8 Å². The van der Waals surface area contributed by atoms with Gasteiger partial charge in [0.25, 0.3) is 0 Å². The van der Waals surface area contributed by atoms with Crippen molar-refractivity contribution in [1.29, 1.82) is 0 Å². The molecule has 2 aliphatic heterocycles. The van der Waals surface area contributed by atoms with Crippen LogP contribution in [-0.4, -0.2) is 60.6 Å². The number of piperidine rings is 2. The van der Waals surface area contributed by atoms with E-state index in [4.69, 9.17) is 4.74 Å². The first-order valence-corrected chi connectivity index (χ1v) is 10.7. The normalized spacial score (nSPS) is 21.4. The van der Waals surface area contributed by atoms with Crippen LogP contribution in [0.25, 0.3) is 0 Å². The van der Waals surface area contributed by atoms with E-state index in [1.165, 1.54) is 38.5 Å². The summed E-state index contributed by atoms with van der Waals surface area (Å²) < 4.78 is 5.50. The van der Waals surface area contributed by atoms with Gasteiger partial charge in [-0.3, -0.25) is 14.6 Å². The molecule has 0 saturated carbocycles. The van der Waals surface area contributed by atoms with Crippen LogP contribution in [0.4, 0.5) is 5.69 Å². The van der Waals surface area contributed by atoms with E-state index >= 15 is 0 Å². The first-order valence-electron chi connectivity index (χ1n) is 10.7. The second kappa shape index (κ2) is 10.1. The van der Waals surface area contributed by atoms with Crippen molar-refractivity contribution >= 4 is 11.6 Å². The van der Waals surface area contributed by atoms with Gasteiger partial charge in [-0.15, -0.1) is 0 Å². The summed E-state index contributed by atoms with van der Waals surface area (Å²) in [5, 5.41) is 3.17. The van der Waals surface area contributed by atoms with E-state index in [0.29, 0.717) is 6.61 Å². The van der Waals surface area contributed by atoms with E-state index in [1.54, 1.807) is 0 Å². The lowest BCUT2D eigenvalue weighted by molar-refractivity contribution is -0.124. The zero-order valence-electron chi connectivity index (χ0n) is 17.0. The van der Waals surface area contributed by atoms with Gasteiger partial charge in [-0.1, -0.05) is 12.8 Å². The van der Waals surface area contributed by atoms with Crippen LogP contribution in [0.15, 0.2) is 24.3 Å². The average Bonchev–Trinajstić information content (AvgIpc) is 2.71. The number of hydrogen-bond donors (Lipinski definition) is 1. The Balaban J connectivity index is 1.71. The molecule has 0 aromatic heterocycles. The number of likely N-dealkylation sites (tertiary alicyclic amines) is 2. The number of hydrogen-bond acceptors (Lipinski definition) is 4. The molecule has 2 saturated heterocycles. The minimum absolute atomic E-state index is 0.0880. The number of anilines is 1. The Labute approximate surface area is 164 Å². The molecule has 2 heterocycles. The quantitative estimate of drug-likeness (QED) is 0.791. The molecule has 2 atom stereocenters. The van der Waals surface area contributed by atoms with Crippen molar-refractivity contribution in [2.24, 2.45) is 0 Å². The topological polar surface area (TPSA) is 44.8 Å². The lowest BCUT2D eigenvalue weighted by atomic mass is 9.99. The average molecular weight is 374 g/mol. The number of benzene rings is 1. The molecule has 1 N–H and O–H groups in total. The highest BCUT2D eigenvalue weighted by Gasteiger charge is 2.35. The Bertz CT molecular complexity index is 578. The second-order valence-electron chi connectivity index (χ2n) is 7.83. The smallest absolute Gasteiger partial charge is 0.243 e. The van der Waals surface area contributed by atoms with Crippen molar-refractivity contribution < 1.29 is 9.53 Å². The Kier molecular flexibility index (Phi) is 7.53. The largest absolute Gasteiger partial charge is 0.494 e. The number of nitrogens with one attached hydrogen (secondary N) is 1. The molecule has 1 aromatic carbocycles. The third kappa shape index (κ3) is 5.45. The zero-order chi connectivity index (χ0) is 19.1. The van der Waals surface area contributed by atoms with Gasteiger partial charge in [-0.2, -0.15) is 0 Å². The highest BCUT2D eigenvalue weighted by atomic mass is 16.5. The standard InChI is InChI=1S/C22H35N3O2/c1-3-27-20-12-10-19(11-13-20)23-22(26)21(25-16-8-5-9-17-25)18(2)24-14-6-4-7-15-24/h10-13,18,21H,3-9,14-17H2,1-2H3,(H,23,26)/t18-,21+/m1/s1. The number of nitrogens with zero attached hydrogens (tertiary/aromatic N) is 2. The summed E-state index contributed by atoms with van der Waals surface area (Å²) in [4.78, 5) is 18.2. The zero-order valence-corrected chi connectivity index (χ0v) is 17.0. The third-order valence-corrected chi connectivity index (χ3v) is 5.91. The third-order valence-electron chi connectivity index (χ3n) is 5.91. The number of rotatable bonds is 7. The van der Waals surface area contributed by atoms with Crippen molar-refractivity contribution in [3.8, 4) is 5.75 Å². The van der Waals surface area contributed by atoms with Crippen LogP contribution in [0.5, 0.6) is 5.75 Å². The molecule has 3 rings (SSSR count). The second-order valence-corrected chi connectivity index (χ2v) is 7.83. The van der Waals surface area contributed by atoms with Gasteiger partial charge in [-0.05, 0) is 90.0 Å². The molecule has 2 fully saturated rings. The van der Waals surface area contributed by atoms with Crippen molar-refractivity contribution in [3.05, 3.63) is 24.3 Å². The lowest BCUT2D eigenvalue weighted by Gasteiger charge is -2.42. The van der Waals surface area contributed by atoms with Gasteiger partial charge >= 0.3 is 0 Å². The molecule has 1 amide bonds. The fourth-order valence-corrected chi connectivity index (χ4v) is 4.43.